The van der Waals surface area contributed by atoms with E-state index in [-0.39, 0.29) is 11.5 Å². The molecular formula is C16H14BrFO3. The van der Waals surface area contributed by atoms with Gasteiger partial charge < -0.3 is 9.47 Å². The van der Waals surface area contributed by atoms with E-state index >= 15 is 0 Å². The number of methoxy groups -OCH3 is 1. The lowest BCUT2D eigenvalue weighted by Gasteiger charge is -2.08. The lowest BCUT2D eigenvalue weighted by Crippen LogP contribution is -2.03. The number of hydrogen-bond acceptors (Lipinski definition) is 3. The lowest BCUT2D eigenvalue weighted by molar-refractivity contribution is 0.103. The molecule has 21 heavy (non-hydrogen) atoms. The Morgan fingerprint density at radius 2 is 1.81 bits per heavy atom. The van der Waals surface area contributed by atoms with Crippen molar-refractivity contribution in [3.63, 3.8) is 0 Å². The Bertz CT molecular complexity index is 671. The van der Waals surface area contributed by atoms with Crippen LogP contribution in [-0.4, -0.2) is 19.5 Å². The van der Waals surface area contributed by atoms with Crippen molar-refractivity contribution in [2.24, 2.45) is 0 Å². The molecule has 0 saturated heterocycles. The van der Waals surface area contributed by atoms with Crippen LogP contribution in [0.5, 0.6) is 11.5 Å². The van der Waals surface area contributed by atoms with E-state index in [9.17, 15) is 9.18 Å². The van der Waals surface area contributed by atoms with Crippen molar-refractivity contribution in [3.8, 4) is 11.5 Å². The van der Waals surface area contributed by atoms with Gasteiger partial charge in [-0.05, 0) is 59.3 Å². The molecule has 0 aromatic heterocycles. The minimum atomic E-state index is -0.498. The van der Waals surface area contributed by atoms with Crippen molar-refractivity contribution < 1.29 is 18.7 Å². The molecule has 0 bridgehead atoms. The lowest BCUT2D eigenvalue weighted by atomic mass is 10.0. The fourth-order valence-electron chi connectivity index (χ4n) is 1.88. The van der Waals surface area contributed by atoms with Crippen LogP contribution in [0.4, 0.5) is 4.39 Å². The zero-order chi connectivity index (χ0) is 15.4. The van der Waals surface area contributed by atoms with Crippen LogP contribution in [-0.2, 0) is 0 Å². The van der Waals surface area contributed by atoms with Gasteiger partial charge in [-0.25, -0.2) is 4.39 Å². The highest BCUT2D eigenvalue weighted by molar-refractivity contribution is 9.10. The van der Waals surface area contributed by atoms with Gasteiger partial charge in [-0.3, -0.25) is 4.79 Å². The van der Waals surface area contributed by atoms with Crippen LogP contribution in [0.15, 0.2) is 40.9 Å². The molecule has 0 radical (unpaired) electrons. The normalized spacial score (nSPS) is 10.3. The molecule has 0 N–H and O–H groups in total. The van der Waals surface area contributed by atoms with Gasteiger partial charge in [-0.2, -0.15) is 0 Å². The fourth-order valence-corrected chi connectivity index (χ4v) is 2.38. The summed E-state index contributed by atoms with van der Waals surface area (Å²) in [5, 5.41) is 0. The van der Waals surface area contributed by atoms with Crippen molar-refractivity contribution in [2.45, 2.75) is 6.92 Å². The Morgan fingerprint density at radius 3 is 2.43 bits per heavy atom. The number of ketones is 1. The Balaban J connectivity index is 2.34. The van der Waals surface area contributed by atoms with Crippen molar-refractivity contribution in [1.29, 1.82) is 0 Å². The summed E-state index contributed by atoms with van der Waals surface area (Å²) in [5.74, 6) is 0.00978. The predicted molar refractivity (Wildman–Crippen MR) is 81.7 cm³/mol. The number of carbonyl (C=O) groups excluding carboxylic acids is 1. The van der Waals surface area contributed by atoms with E-state index in [4.69, 9.17) is 9.47 Å². The summed E-state index contributed by atoms with van der Waals surface area (Å²) in [5.41, 5.74) is 0.850. The second kappa shape index (κ2) is 6.72. The summed E-state index contributed by atoms with van der Waals surface area (Å²) >= 11 is 3.37. The SMILES string of the molecule is CCOc1ccc(C(=O)c2ccc(F)c(OC)c2)cc1Br. The number of ether oxygens (including phenoxy) is 2. The smallest absolute Gasteiger partial charge is 0.193 e. The number of halogens is 2. The molecule has 0 spiro atoms. The zero-order valence-corrected chi connectivity index (χ0v) is 13.2. The largest absolute Gasteiger partial charge is 0.494 e. The Morgan fingerprint density at radius 1 is 1.14 bits per heavy atom. The molecule has 0 saturated carbocycles. The fraction of sp³-hybridized carbons (Fsp3) is 0.188. The average Bonchev–Trinajstić information content (AvgIpc) is 2.49. The number of hydrogen-bond donors (Lipinski definition) is 0. The van der Waals surface area contributed by atoms with Crippen LogP contribution in [0.25, 0.3) is 0 Å². The maximum atomic E-state index is 13.4. The molecule has 0 aliphatic rings. The molecule has 5 heteroatoms. The number of benzene rings is 2. The average molecular weight is 353 g/mol. The van der Waals surface area contributed by atoms with E-state index in [0.717, 1.165) is 0 Å². The first-order valence-electron chi connectivity index (χ1n) is 6.37. The van der Waals surface area contributed by atoms with Gasteiger partial charge in [0, 0.05) is 11.1 Å². The number of rotatable bonds is 5. The van der Waals surface area contributed by atoms with Crippen LogP contribution in [0.3, 0.4) is 0 Å². The van der Waals surface area contributed by atoms with Gasteiger partial charge in [0.1, 0.15) is 5.75 Å². The molecule has 2 aromatic carbocycles. The van der Waals surface area contributed by atoms with Gasteiger partial charge in [-0.1, -0.05) is 0 Å². The highest BCUT2D eigenvalue weighted by Gasteiger charge is 2.14. The van der Waals surface area contributed by atoms with E-state index < -0.39 is 5.82 Å². The topological polar surface area (TPSA) is 35.5 Å². The van der Waals surface area contributed by atoms with Gasteiger partial charge >= 0.3 is 0 Å². The molecule has 0 fully saturated rings. The van der Waals surface area contributed by atoms with Crippen LogP contribution in [0.2, 0.25) is 0 Å². The molecule has 110 valence electrons. The molecule has 2 aromatic rings. The second-order valence-corrected chi connectivity index (χ2v) is 5.11. The molecule has 0 amide bonds. The van der Waals surface area contributed by atoms with Gasteiger partial charge in [0.15, 0.2) is 17.3 Å². The summed E-state index contributed by atoms with van der Waals surface area (Å²) in [6, 6.07) is 9.13. The minimum absolute atomic E-state index is 0.0471. The highest BCUT2D eigenvalue weighted by atomic mass is 79.9. The Kier molecular flexibility index (Phi) is 4.96. The molecule has 2 rings (SSSR count). The maximum Gasteiger partial charge on any atom is 0.193 e. The second-order valence-electron chi connectivity index (χ2n) is 4.26. The summed E-state index contributed by atoms with van der Waals surface area (Å²) < 4.78 is 24.4. The van der Waals surface area contributed by atoms with Gasteiger partial charge in [0.05, 0.1) is 18.2 Å². The summed E-state index contributed by atoms with van der Waals surface area (Å²) in [7, 11) is 1.36. The van der Waals surface area contributed by atoms with Crippen molar-refractivity contribution in [1.82, 2.24) is 0 Å². The zero-order valence-electron chi connectivity index (χ0n) is 11.7. The standard InChI is InChI=1S/C16H14BrFO3/c1-3-21-14-7-5-10(8-12(14)17)16(19)11-4-6-13(18)15(9-11)20-2/h4-9H,3H2,1-2H3. The van der Waals surface area contributed by atoms with E-state index in [2.05, 4.69) is 15.9 Å². The number of carbonyl (C=O) groups is 1. The Labute approximate surface area is 130 Å². The molecular weight excluding hydrogens is 339 g/mol. The van der Waals surface area contributed by atoms with Crippen molar-refractivity contribution in [3.05, 3.63) is 57.8 Å². The van der Waals surface area contributed by atoms with E-state index in [1.165, 1.54) is 25.3 Å². The van der Waals surface area contributed by atoms with Crippen molar-refractivity contribution in [2.75, 3.05) is 13.7 Å². The third kappa shape index (κ3) is 3.42. The molecule has 0 unspecified atom stereocenters. The highest BCUT2D eigenvalue weighted by Crippen LogP contribution is 2.28. The van der Waals surface area contributed by atoms with Crippen LogP contribution < -0.4 is 9.47 Å². The minimum Gasteiger partial charge on any atom is -0.494 e. The van der Waals surface area contributed by atoms with Crippen LogP contribution in [0, 0.1) is 5.82 Å². The van der Waals surface area contributed by atoms with Gasteiger partial charge in [-0.15, -0.1) is 0 Å². The summed E-state index contributed by atoms with van der Waals surface area (Å²) in [6.45, 7) is 2.43. The Hall–Kier alpha value is -1.88. The molecule has 0 atom stereocenters. The summed E-state index contributed by atoms with van der Waals surface area (Å²) in [6.07, 6.45) is 0. The van der Waals surface area contributed by atoms with Crippen LogP contribution >= 0.6 is 15.9 Å². The molecule has 0 aliphatic carbocycles. The maximum absolute atomic E-state index is 13.4. The summed E-state index contributed by atoms with van der Waals surface area (Å²) in [4.78, 5) is 12.4. The van der Waals surface area contributed by atoms with E-state index in [0.29, 0.717) is 28.0 Å². The van der Waals surface area contributed by atoms with Gasteiger partial charge in [0.2, 0.25) is 0 Å². The third-order valence-corrected chi connectivity index (χ3v) is 3.53. The monoisotopic (exact) mass is 352 g/mol. The first kappa shape index (κ1) is 15.5. The van der Waals surface area contributed by atoms with Crippen LogP contribution in [0.1, 0.15) is 22.8 Å². The third-order valence-electron chi connectivity index (χ3n) is 2.91. The molecule has 0 heterocycles. The van der Waals surface area contributed by atoms with Gasteiger partial charge in [0.25, 0.3) is 0 Å². The van der Waals surface area contributed by atoms with Crippen molar-refractivity contribution >= 4 is 21.7 Å². The first-order valence-corrected chi connectivity index (χ1v) is 7.16. The molecule has 0 aliphatic heterocycles. The quantitative estimate of drug-likeness (QED) is 0.755. The first-order chi connectivity index (χ1) is 10.1. The van der Waals surface area contributed by atoms with E-state index in [1.54, 1.807) is 18.2 Å². The predicted octanol–water partition coefficient (Wildman–Crippen LogP) is 4.23. The van der Waals surface area contributed by atoms with E-state index in [1.807, 2.05) is 6.92 Å². The molecule has 3 nitrogen and oxygen atoms in total.